The summed E-state index contributed by atoms with van der Waals surface area (Å²) >= 11 is 0. The van der Waals surface area contributed by atoms with Crippen molar-refractivity contribution in [3.63, 3.8) is 0 Å². The zero-order valence-electron chi connectivity index (χ0n) is 15.0. The number of hydrogen-bond acceptors (Lipinski definition) is 5. The van der Waals surface area contributed by atoms with E-state index in [1.807, 2.05) is 24.3 Å². The van der Waals surface area contributed by atoms with E-state index in [-0.39, 0.29) is 11.3 Å². The highest BCUT2D eigenvalue weighted by molar-refractivity contribution is 6.05. The van der Waals surface area contributed by atoms with Gasteiger partial charge >= 0.3 is 11.9 Å². The quantitative estimate of drug-likeness (QED) is 0.769. The number of hydrogen-bond donors (Lipinski definition) is 0. The van der Waals surface area contributed by atoms with Crippen molar-refractivity contribution in [1.82, 2.24) is 0 Å². The number of allylic oxidation sites excluding steroid dienone is 2. The molecular weight excluding hydrogens is 318 g/mol. The Kier molecular flexibility index (Phi) is 6.17. The van der Waals surface area contributed by atoms with Crippen molar-refractivity contribution >= 4 is 17.6 Å². The van der Waals surface area contributed by atoms with Gasteiger partial charge in [0, 0.05) is 11.9 Å². The second kappa shape index (κ2) is 8.33. The van der Waals surface area contributed by atoms with Crippen LogP contribution in [-0.4, -0.2) is 26.2 Å². The number of rotatable bonds is 5. The lowest BCUT2D eigenvalue weighted by Crippen LogP contribution is -2.27. The van der Waals surface area contributed by atoms with Crippen LogP contribution in [0.1, 0.15) is 19.4 Å². The molecule has 132 valence electrons. The molecule has 0 fully saturated rings. The number of carbonyl (C=O) groups is 2. The fourth-order valence-electron chi connectivity index (χ4n) is 2.67. The molecule has 0 aliphatic carbocycles. The summed E-state index contributed by atoms with van der Waals surface area (Å²) in [4.78, 5) is 26.2. The highest BCUT2D eigenvalue weighted by Gasteiger charge is 2.27. The van der Waals surface area contributed by atoms with Gasteiger partial charge < -0.3 is 14.4 Å². The van der Waals surface area contributed by atoms with E-state index in [0.717, 1.165) is 17.7 Å². The molecule has 1 aliphatic heterocycles. The fourth-order valence-corrected chi connectivity index (χ4v) is 2.67. The summed E-state index contributed by atoms with van der Waals surface area (Å²) < 4.78 is 9.72. The lowest BCUT2D eigenvalue weighted by molar-refractivity contribution is -0.139. The van der Waals surface area contributed by atoms with Crippen LogP contribution in [0.15, 0.2) is 60.0 Å². The molecule has 0 saturated carbocycles. The van der Waals surface area contributed by atoms with Crippen molar-refractivity contribution in [3.8, 4) is 0 Å². The van der Waals surface area contributed by atoms with Crippen LogP contribution in [0.3, 0.4) is 0 Å². The molecule has 5 heteroatoms. The second-order valence-corrected chi connectivity index (χ2v) is 6.08. The minimum Gasteiger partial charge on any atom is -0.465 e. The van der Waals surface area contributed by atoms with Gasteiger partial charge in [-0.1, -0.05) is 32.1 Å². The van der Waals surface area contributed by atoms with Crippen molar-refractivity contribution in [1.29, 1.82) is 0 Å². The Hall–Kier alpha value is -2.82. The van der Waals surface area contributed by atoms with Gasteiger partial charge in [0.1, 0.15) is 5.70 Å². The van der Waals surface area contributed by atoms with E-state index in [1.165, 1.54) is 14.2 Å². The fraction of sp³-hybridized carbons (Fsp3) is 0.300. The molecule has 0 atom stereocenters. The van der Waals surface area contributed by atoms with Gasteiger partial charge in [-0.3, -0.25) is 0 Å². The van der Waals surface area contributed by atoms with E-state index < -0.39 is 11.9 Å². The second-order valence-electron chi connectivity index (χ2n) is 6.08. The Labute approximate surface area is 148 Å². The molecule has 0 radical (unpaired) electrons. The van der Waals surface area contributed by atoms with Gasteiger partial charge in [-0.2, -0.15) is 0 Å². The van der Waals surface area contributed by atoms with Crippen molar-refractivity contribution in [2.45, 2.75) is 20.3 Å². The van der Waals surface area contributed by atoms with Crippen LogP contribution in [0.2, 0.25) is 0 Å². The normalized spacial score (nSPS) is 13.9. The summed E-state index contributed by atoms with van der Waals surface area (Å²) in [5, 5.41) is 0. The Morgan fingerprint density at radius 3 is 2.44 bits per heavy atom. The number of carbonyl (C=O) groups excluding carboxylic acids is 2. The summed E-state index contributed by atoms with van der Waals surface area (Å²) in [6.45, 7) is 4.30. The summed E-state index contributed by atoms with van der Waals surface area (Å²) in [5.41, 5.74) is 2.21. The maximum Gasteiger partial charge on any atom is 0.355 e. The maximum absolute atomic E-state index is 12.4. The first-order valence-electron chi connectivity index (χ1n) is 8.11. The zero-order chi connectivity index (χ0) is 18.4. The third-order valence-corrected chi connectivity index (χ3v) is 3.72. The molecule has 1 aromatic rings. The van der Waals surface area contributed by atoms with Gasteiger partial charge in [0.05, 0.1) is 19.8 Å². The number of methoxy groups -OCH3 is 2. The first-order chi connectivity index (χ1) is 12.0. The van der Waals surface area contributed by atoms with Crippen LogP contribution in [0.5, 0.6) is 0 Å². The molecule has 0 saturated heterocycles. The molecular formula is C20H23NO4. The van der Waals surface area contributed by atoms with Gasteiger partial charge in [0.2, 0.25) is 0 Å². The molecule has 1 heterocycles. The number of benzene rings is 1. The van der Waals surface area contributed by atoms with Crippen LogP contribution in [-0.2, 0) is 25.5 Å². The summed E-state index contributed by atoms with van der Waals surface area (Å²) in [6, 6.07) is 7.88. The largest absolute Gasteiger partial charge is 0.465 e. The summed E-state index contributed by atoms with van der Waals surface area (Å²) in [5.74, 6) is -0.688. The van der Waals surface area contributed by atoms with E-state index in [1.54, 1.807) is 29.3 Å². The molecule has 0 N–H and O–H groups in total. The number of anilines is 1. The van der Waals surface area contributed by atoms with Crippen molar-refractivity contribution in [2.24, 2.45) is 5.92 Å². The Morgan fingerprint density at radius 1 is 1.08 bits per heavy atom. The highest BCUT2D eigenvalue weighted by atomic mass is 16.5. The van der Waals surface area contributed by atoms with Crippen molar-refractivity contribution < 1.29 is 19.1 Å². The average Bonchev–Trinajstić information content (AvgIpc) is 2.83. The Morgan fingerprint density at radius 2 is 1.80 bits per heavy atom. The summed E-state index contributed by atoms with van der Waals surface area (Å²) in [7, 11) is 2.57. The third-order valence-electron chi connectivity index (χ3n) is 3.72. The maximum atomic E-state index is 12.4. The van der Waals surface area contributed by atoms with Crippen LogP contribution in [0, 0.1) is 5.92 Å². The predicted molar refractivity (Wildman–Crippen MR) is 96.8 cm³/mol. The number of nitrogens with zero attached hydrogens (tertiary/aromatic N) is 1. The Balaban J connectivity index is 2.57. The molecule has 25 heavy (non-hydrogen) atoms. The minimum absolute atomic E-state index is 0.126. The van der Waals surface area contributed by atoms with E-state index in [0.29, 0.717) is 5.92 Å². The third kappa shape index (κ3) is 4.38. The molecule has 1 aromatic carbocycles. The van der Waals surface area contributed by atoms with Gasteiger partial charge in [0.25, 0.3) is 0 Å². The monoisotopic (exact) mass is 341 g/mol. The van der Waals surface area contributed by atoms with Gasteiger partial charge in [0.15, 0.2) is 0 Å². The SMILES string of the molecule is COC(=O)C1=C(C(=O)OC)N(c2cccc(CC(C)C)c2)C=CC=C1. The molecule has 0 bridgehead atoms. The molecule has 5 nitrogen and oxygen atoms in total. The molecule has 0 amide bonds. The van der Waals surface area contributed by atoms with Gasteiger partial charge in [-0.15, -0.1) is 0 Å². The van der Waals surface area contributed by atoms with Gasteiger partial charge in [-0.05, 0) is 42.2 Å². The average molecular weight is 341 g/mol. The van der Waals surface area contributed by atoms with Crippen LogP contribution in [0.25, 0.3) is 0 Å². The molecule has 1 aliphatic rings. The summed E-state index contributed by atoms with van der Waals surface area (Å²) in [6.07, 6.45) is 7.64. The Bertz CT molecular complexity index is 744. The van der Waals surface area contributed by atoms with E-state index in [2.05, 4.69) is 13.8 Å². The minimum atomic E-state index is -0.606. The topological polar surface area (TPSA) is 55.8 Å². The molecule has 0 aromatic heterocycles. The molecule has 0 unspecified atom stereocenters. The van der Waals surface area contributed by atoms with Crippen LogP contribution in [0.4, 0.5) is 5.69 Å². The number of ether oxygens (including phenoxy) is 2. The predicted octanol–water partition coefficient (Wildman–Crippen LogP) is 3.38. The van der Waals surface area contributed by atoms with Crippen molar-refractivity contribution in [2.75, 3.05) is 19.1 Å². The van der Waals surface area contributed by atoms with E-state index in [4.69, 9.17) is 9.47 Å². The molecule has 2 rings (SSSR count). The first kappa shape index (κ1) is 18.5. The molecule has 0 spiro atoms. The number of esters is 2. The van der Waals surface area contributed by atoms with Gasteiger partial charge in [-0.25, -0.2) is 9.59 Å². The zero-order valence-corrected chi connectivity index (χ0v) is 15.0. The van der Waals surface area contributed by atoms with E-state index >= 15 is 0 Å². The highest BCUT2D eigenvalue weighted by Crippen LogP contribution is 2.27. The lowest BCUT2D eigenvalue weighted by Gasteiger charge is -2.23. The van der Waals surface area contributed by atoms with E-state index in [9.17, 15) is 9.59 Å². The van der Waals surface area contributed by atoms with Crippen molar-refractivity contribution in [3.05, 3.63) is 65.5 Å². The lowest BCUT2D eigenvalue weighted by atomic mass is 10.0. The first-order valence-corrected chi connectivity index (χ1v) is 8.11. The standard InChI is InChI=1S/C20H23NO4/c1-14(2)12-15-8-7-9-16(13-15)21-11-6-5-10-17(19(22)24-3)18(21)20(23)25-4/h5-11,13-14H,12H2,1-4H3. The van der Waals surface area contributed by atoms with Crippen LogP contribution < -0.4 is 4.90 Å². The smallest absolute Gasteiger partial charge is 0.355 e. The van der Waals surface area contributed by atoms with Crippen LogP contribution >= 0.6 is 0 Å².